The Balaban J connectivity index is 1.63. The van der Waals surface area contributed by atoms with Crippen LogP contribution in [-0.4, -0.2) is 73.7 Å². The number of rotatable bonds is 4. The average molecular weight is 434 g/mol. The molecule has 0 aliphatic carbocycles. The third kappa shape index (κ3) is 4.03. The second kappa shape index (κ2) is 8.33. The second-order valence-corrected chi connectivity index (χ2v) is 7.46. The molecule has 0 amide bonds. The first-order valence-electron chi connectivity index (χ1n) is 9.61. The van der Waals surface area contributed by atoms with Crippen LogP contribution in [0.4, 0.5) is 0 Å². The maximum absolute atomic E-state index is 12.9. The number of Topliss-reactive ketones (excluding diaryl/α,β-unsaturated/α-hetero) is 1. The first kappa shape index (κ1) is 21.3. The minimum Gasteiger partial charge on any atom is -0.508 e. The van der Waals surface area contributed by atoms with E-state index >= 15 is 0 Å². The van der Waals surface area contributed by atoms with Crippen LogP contribution in [0.15, 0.2) is 36.4 Å². The molecule has 0 aromatic heterocycles. The quantitative estimate of drug-likeness (QED) is 0.385. The second-order valence-electron chi connectivity index (χ2n) is 7.46. The van der Waals surface area contributed by atoms with Crippen molar-refractivity contribution in [1.29, 1.82) is 0 Å². The fraction of sp³-hybridized carbons (Fsp3) is 0.381. The molecule has 4 rings (SSSR count). The average Bonchev–Trinajstić information content (AvgIpc) is 2.74. The minimum atomic E-state index is -1.68. The lowest BCUT2D eigenvalue weighted by atomic mass is 9.95. The molecular formula is C21H22O10. The van der Waals surface area contributed by atoms with Crippen LogP contribution in [0.1, 0.15) is 28.4 Å². The molecule has 2 aromatic carbocycles. The Kier molecular flexibility index (Phi) is 5.73. The molecule has 166 valence electrons. The normalized spacial score (nSPS) is 30.4. The van der Waals surface area contributed by atoms with Crippen molar-refractivity contribution in [3.8, 4) is 23.0 Å². The minimum absolute atomic E-state index is 0.0183. The number of hydrogen-bond donors (Lipinski definition) is 6. The fourth-order valence-corrected chi connectivity index (χ4v) is 3.67. The van der Waals surface area contributed by atoms with Crippen LogP contribution in [0.2, 0.25) is 0 Å². The maximum Gasteiger partial charge on any atom is 0.229 e. The van der Waals surface area contributed by atoms with Crippen LogP contribution in [0.25, 0.3) is 0 Å². The Morgan fingerprint density at radius 2 is 1.68 bits per heavy atom. The number of benzene rings is 2. The lowest BCUT2D eigenvalue weighted by Gasteiger charge is -2.40. The van der Waals surface area contributed by atoms with Crippen molar-refractivity contribution in [2.75, 3.05) is 6.61 Å². The predicted octanol–water partition coefficient (Wildman–Crippen LogP) is -0.0170. The topological polar surface area (TPSA) is 166 Å². The van der Waals surface area contributed by atoms with E-state index in [4.69, 9.17) is 14.2 Å². The van der Waals surface area contributed by atoms with Crippen molar-refractivity contribution in [3.63, 3.8) is 0 Å². The summed E-state index contributed by atoms with van der Waals surface area (Å²) in [6.45, 7) is -0.640. The van der Waals surface area contributed by atoms with Gasteiger partial charge >= 0.3 is 0 Å². The molecule has 31 heavy (non-hydrogen) atoms. The maximum atomic E-state index is 12.9. The number of phenolic OH excluding ortho intramolecular Hbond substituents is 2. The molecule has 6 atom stereocenters. The predicted molar refractivity (Wildman–Crippen MR) is 103 cm³/mol. The van der Waals surface area contributed by atoms with Crippen LogP contribution in [0, 0.1) is 0 Å². The molecule has 2 aliphatic heterocycles. The summed E-state index contributed by atoms with van der Waals surface area (Å²) in [5, 5.41) is 58.9. The van der Waals surface area contributed by atoms with Gasteiger partial charge in [0.15, 0.2) is 5.78 Å². The van der Waals surface area contributed by atoms with Crippen molar-refractivity contribution in [3.05, 3.63) is 47.5 Å². The summed E-state index contributed by atoms with van der Waals surface area (Å²) in [6.07, 6.45) is -8.31. The van der Waals surface area contributed by atoms with Gasteiger partial charge in [-0.15, -0.1) is 0 Å². The van der Waals surface area contributed by atoms with Crippen molar-refractivity contribution in [2.45, 2.75) is 43.2 Å². The molecule has 1 fully saturated rings. The molecule has 1 saturated heterocycles. The number of ether oxygens (including phenoxy) is 3. The van der Waals surface area contributed by atoms with Gasteiger partial charge in [-0.1, -0.05) is 12.1 Å². The Labute approximate surface area is 176 Å². The first-order chi connectivity index (χ1) is 14.8. The van der Waals surface area contributed by atoms with Gasteiger partial charge in [-0.2, -0.15) is 0 Å². The van der Waals surface area contributed by atoms with E-state index < -0.39 is 43.4 Å². The van der Waals surface area contributed by atoms with E-state index in [1.807, 2.05) is 0 Å². The van der Waals surface area contributed by atoms with Crippen LogP contribution in [-0.2, 0) is 4.74 Å². The Morgan fingerprint density at radius 1 is 0.968 bits per heavy atom. The number of carbonyl (C=O) groups is 1. The molecule has 2 aliphatic rings. The van der Waals surface area contributed by atoms with Crippen molar-refractivity contribution in [2.24, 2.45) is 0 Å². The number of aliphatic hydroxyl groups is 4. The van der Waals surface area contributed by atoms with Gasteiger partial charge in [0.25, 0.3) is 0 Å². The lowest BCUT2D eigenvalue weighted by molar-refractivity contribution is -0.277. The van der Waals surface area contributed by atoms with Gasteiger partial charge in [0.2, 0.25) is 6.29 Å². The summed E-state index contributed by atoms with van der Waals surface area (Å²) in [6, 6.07) is 8.56. The third-order valence-corrected chi connectivity index (χ3v) is 5.33. The molecule has 0 unspecified atom stereocenters. The van der Waals surface area contributed by atoms with Gasteiger partial charge < -0.3 is 44.8 Å². The molecule has 0 spiro atoms. The van der Waals surface area contributed by atoms with E-state index in [0.717, 1.165) is 6.07 Å². The van der Waals surface area contributed by atoms with Crippen LogP contribution in [0.5, 0.6) is 23.0 Å². The number of phenols is 2. The summed E-state index contributed by atoms with van der Waals surface area (Å²) in [5.74, 6) is -0.669. The molecule has 0 saturated carbocycles. The zero-order valence-electron chi connectivity index (χ0n) is 16.2. The van der Waals surface area contributed by atoms with Gasteiger partial charge in [-0.05, 0) is 17.7 Å². The number of aromatic hydroxyl groups is 2. The molecule has 0 bridgehead atoms. The first-order valence-corrected chi connectivity index (χ1v) is 9.61. The van der Waals surface area contributed by atoms with E-state index in [2.05, 4.69) is 0 Å². The highest BCUT2D eigenvalue weighted by atomic mass is 16.7. The van der Waals surface area contributed by atoms with E-state index in [-0.39, 0.29) is 40.8 Å². The van der Waals surface area contributed by atoms with E-state index in [0.29, 0.717) is 5.56 Å². The molecule has 2 aromatic rings. The van der Waals surface area contributed by atoms with E-state index in [1.54, 1.807) is 12.1 Å². The van der Waals surface area contributed by atoms with Gasteiger partial charge in [-0.3, -0.25) is 4.79 Å². The summed E-state index contributed by atoms with van der Waals surface area (Å²) in [7, 11) is 0. The smallest absolute Gasteiger partial charge is 0.229 e. The highest BCUT2D eigenvalue weighted by Crippen LogP contribution is 2.43. The Hall–Kier alpha value is -2.89. The lowest BCUT2D eigenvalue weighted by Crippen LogP contribution is -2.60. The van der Waals surface area contributed by atoms with Crippen LogP contribution < -0.4 is 9.47 Å². The van der Waals surface area contributed by atoms with Gasteiger partial charge in [-0.25, -0.2) is 0 Å². The van der Waals surface area contributed by atoms with Crippen molar-refractivity contribution in [1.82, 2.24) is 0 Å². The van der Waals surface area contributed by atoms with Crippen molar-refractivity contribution < 1.29 is 49.6 Å². The largest absolute Gasteiger partial charge is 0.508 e. The van der Waals surface area contributed by atoms with E-state index in [1.165, 1.54) is 18.2 Å². The Morgan fingerprint density at radius 3 is 2.35 bits per heavy atom. The molecule has 2 heterocycles. The van der Waals surface area contributed by atoms with Crippen molar-refractivity contribution >= 4 is 5.78 Å². The molecule has 6 N–H and O–H groups in total. The zero-order valence-corrected chi connectivity index (χ0v) is 16.2. The molecule has 10 heteroatoms. The van der Waals surface area contributed by atoms with E-state index in [9.17, 15) is 35.4 Å². The zero-order chi connectivity index (χ0) is 22.3. The van der Waals surface area contributed by atoms with Gasteiger partial charge in [0.05, 0.1) is 13.0 Å². The van der Waals surface area contributed by atoms with Crippen LogP contribution in [0.3, 0.4) is 0 Å². The highest BCUT2D eigenvalue weighted by molar-refractivity contribution is 6.02. The number of carbonyl (C=O) groups excluding carboxylic acids is 1. The highest BCUT2D eigenvalue weighted by Gasteiger charge is 2.45. The van der Waals surface area contributed by atoms with Crippen LogP contribution >= 0.6 is 0 Å². The molecule has 0 radical (unpaired) electrons. The Bertz CT molecular complexity index is 957. The standard InChI is InChI=1S/C21H22O10/c22-8-16-18(26)19(27)20(28)21(31-16)30-15-6-11(24)5-14-17(15)12(25)7-13(29-14)9-1-3-10(23)4-2-9/h1-6,13,16,18-24,26-28H,7-8H2/t13-,16-,18-,19+,20-,21-/m1/s1. The van der Waals surface area contributed by atoms with Gasteiger partial charge in [0, 0.05) is 12.1 Å². The summed E-state index contributed by atoms with van der Waals surface area (Å²) in [4.78, 5) is 12.9. The summed E-state index contributed by atoms with van der Waals surface area (Å²) >= 11 is 0. The summed E-state index contributed by atoms with van der Waals surface area (Å²) in [5.41, 5.74) is 0.668. The number of hydrogen-bond acceptors (Lipinski definition) is 10. The third-order valence-electron chi connectivity index (χ3n) is 5.33. The fourth-order valence-electron chi connectivity index (χ4n) is 3.67. The molecule has 10 nitrogen and oxygen atoms in total. The number of fused-ring (bicyclic) bond motifs is 1. The summed E-state index contributed by atoms with van der Waals surface area (Å²) < 4.78 is 16.8. The van der Waals surface area contributed by atoms with Gasteiger partial charge in [0.1, 0.15) is 59.1 Å². The molecular weight excluding hydrogens is 412 g/mol. The SMILES string of the molecule is O=C1C[C@H](c2ccc(O)cc2)Oc2cc(O)cc(O[C@@H]3O[C@H](CO)[C@@H](O)[C@H](O)[C@H]3O)c21. The number of aliphatic hydroxyl groups excluding tert-OH is 4. The monoisotopic (exact) mass is 434 g/mol. The number of ketones is 1.